The molecule has 0 unspecified atom stereocenters. The molecule has 0 saturated carbocycles. The number of rotatable bonds is 6. The van der Waals surface area contributed by atoms with Gasteiger partial charge in [-0.15, -0.1) is 18.2 Å². The van der Waals surface area contributed by atoms with Crippen LogP contribution in [0.5, 0.6) is 0 Å². The van der Waals surface area contributed by atoms with Gasteiger partial charge in [-0.25, -0.2) is 4.79 Å². The molecular weight excluding hydrogens is 270 g/mol. The van der Waals surface area contributed by atoms with Gasteiger partial charge in [-0.1, -0.05) is 30.2 Å². The minimum atomic E-state index is -0.905. The molecular formula is C16H15NO2S. The Morgan fingerprint density at radius 2 is 2.00 bits per heavy atom. The van der Waals surface area contributed by atoms with E-state index in [-0.39, 0.29) is 0 Å². The minimum absolute atomic E-state index is 0.327. The smallest absolute Gasteiger partial charge is 0.336 e. The molecule has 0 spiro atoms. The van der Waals surface area contributed by atoms with Gasteiger partial charge in [0, 0.05) is 23.4 Å². The van der Waals surface area contributed by atoms with Crippen molar-refractivity contribution in [2.75, 3.05) is 23.4 Å². The maximum absolute atomic E-state index is 11.2. The Hall–Kier alpha value is -2.12. The quantitative estimate of drug-likeness (QED) is 0.631. The van der Waals surface area contributed by atoms with E-state index in [2.05, 4.69) is 11.2 Å². The zero-order valence-electron chi connectivity index (χ0n) is 10.9. The summed E-state index contributed by atoms with van der Waals surface area (Å²) in [6.45, 7) is 0.794. The number of hydrogen-bond donors (Lipinski definition) is 2. The third-order valence-corrected chi connectivity index (χ3v) is 3.77. The van der Waals surface area contributed by atoms with Crippen molar-refractivity contribution in [3.8, 4) is 12.3 Å². The SMILES string of the molecule is C#CCSCCNc1ccc(C(=O)O)c2ccccc12. The molecule has 2 N–H and O–H groups in total. The Bertz CT molecular complexity index is 661. The number of fused-ring (bicyclic) bond motifs is 1. The maximum Gasteiger partial charge on any atom is 0.336 e. The molecule has 0 saturated heterocycles. The molecule has 0 aromatic heterocycles. The van der Waals surface area contributed by atoms with Crippen LogP contribution in [-0.4, -0.2) is 29.1 Å². The molecule has 0 radical (unpaired) electrons. The van der Waals surface area contributed by atoms with Crippen molar-refractivity contribution < 1.29 is 9.90 Å². The van der Waals surface area contributed by atoms with E-state index in [4.69, 9.17) is 6.42 Å². The Morgan fingerprint density at radius 1 is 1.25 bits per heavy atom. The third-order valence-electron chi connectivity index (χ3n) is 2.90. The zero-order valence-corrected chi connectivity index (χ0v) is 11.7. The number of carbonyl (C=O) groups is 1. The lowest BCUT2D eigenvalue weighted by atomic mass is 10.0. The van der Waals surface area contributed by atoms with Gasteiger partial charge < -0.3 is 10.4 Å². The van der Waals surface area contributed by atoms with Crippen LogP contribution in [0.3, 0.4) is 0 Å². The lowest BCUT2D eigenvalue weighted by Gasteiger charge is -2.11. The summed E-state index contributed by atoms with van der Waals surface area (Å²) in [5.74, 6) is 3.31. The van der Waals surface area contributed by atoms with E-state index in [9.17, 15) is 9.90 Å². The van der Waals surface area contributed by atoms with E-state index >= 15 is 0 Å². The van der Waals surface area contributed by atoms with Crippen molar-refractivity contribution in [1.29, 1.82) is 0 Å². The topological polar surface area (TPSA) is 49.3 Å². The maximum atomic E-state index is 11.2. The summed E-state index contributed by atoms with van der Waals surface area (Å²) in [4.78, 5) is 11.2. The fourth-order valence-electron chi connectivity index (χ4n) is 2.03. The molecule has 102 valence electrons. The molecule has 20 heavy (non-hydrogen) atoms. The summed E-state index contributed by atoms with van der Waals surface area (Å²) < 4.78 is 0. The molecule has 4 heteroatoms. The Labute approximate surface area is 122 Å². The van der Waals surface area contributed by atoms with Crippen molar-refractivity contribution in [2.24, 2.45) is 0 Å². The highest BCUT2D eigenvalue weighted by Crippen LogP contribution is 2.26. The number of terminal acetylenes is 1. The second kappa shape index (κ2) is 6.88. The lowest BCUT2D eigenvalue weighted by Crippen LogP contribution is -2.06. The number of nitrogens with one attached hydrogen (secondary N) is 1. The summed E-state index contributed by atoms with van der Waals surface area (Å²) in [6.07, 6.45) is 5.19. The van der Waals surface area contributed by atoms with Crippen molar-refractivity contribution >= 4 is 34.2 Å². The Morgan fingerprint density at radius 3 is 2.70 bits per heavy atom. The van der Waals surface area contributed by atoms with Gasteiger partial charge in [-0.3, -0.25) is 0 Å². The number of benzene rings is 2. The van der Waals surface area contributed by atoms with Crippen LogP contribution in [0.1, 0.15) is 10.4 Å². The second-order valence-electron chi connectivity index (χ2n) is 4.19. The van der Waals surface area contributed by atoms with Gasteiger partial charge in [0.2, 0.25) is 0 Å². The molecule has 3 nitrogen and oxygen atoms in total. The largest absolute Gasteiger partial charge is 0.478 e. The molecule has 0 aliphatic heterocycles. The monoisotopic (exact) mass is 285 g/mol. The summed E-state index contributed by atoms with van der Waals surface area (Å²) in [7, 11) is 0. The fraction of sp³-hybridized carbons (Fsp3) is 0.188. The highest BCUT2D eigenvalue weighted by molar-refractivity contribution is 7.99. The molecule has 2 rings (SSSR count). The van der Waals surface area contributed by atoms with Crippen LogP contribution >= 0.6 is 11.8 Å². The van der Waals surface area contributed by atoms with Gasteiger partial charge in [0.05, 0.1) is 11.3 Å². The number of aromatic carboxylic acids is 1. The second-order valence-corrected chi connectivity index (χ2v) is 5.30. The summed E-state index contributed by atoms with van der Waals surface area (Å²) in [6, 6.07) is 11.0. The normalized spacial score (nSPS) is 10.2. The zero-order chi connectivity index (χ0) is 14.4. The molecule has 0 bridgehead atoms. The first-order chi connectivity index (χ1) is 9.74. The van der Waals surface area contributed by atoms with Gasteiger partial charge in [-0.05, 0) is 17.5 Å². The van der Waals surface area contributed by atoms with Gasteiger partial charge in [0.25, 0.3) is 0 Å². The van der Waals surface area contributed by atoms with E-state index in [0.29, 0.717) is 11.3 Å². The molecule has 0 fully saturated rings. The van der Waals surface area contributed by atoms with E-state index in [1.807, 2.05) is 30.3 Å². The van der Waals surface area contributed by atoms with Crippen LogP contribution in [0.25, 0.3) is 10.8 Å². The van der Waals surface area contributed by atoms with Crippen molar-refractivity contribution in [3.63, 3.8) is 0 Å². The first-order valence-electron chi connectivity index (χ1n) is 6.24. The van der Waals surface area contributed by atoms with E-state index < -0.39 is 5.97 Å². The molecule has 0 aliphatic carbocycles. The Balaban J connectivity index is 2.21. The van der Waals surface area contributed by atoms with Crippen LogP contribution < -0.4 is 5.32 Å². The number of hydrogen-bond acceptors (Lipinski definition) is 3. The third kappa shape index (κ3) is 3.25. The number of carboxylic acids is 1. The number of anilines is 1. The highest BCUT2D eigenvalue weighted by Gasteiger charge is 2.10. The van der Waals surface area contributed by atoms with Crippen LogP contribution in [0.2, 0.25) is 0 Å². The summed E-state index contributed by atoms with van der Waals surface area (Å²) in [5.41, 5.74) is 1.28. The van der Waals surface area contributed by atoms with Gasteiger partial charge >= 0.3 is 5.97 Å². The molecule has 0 heterocycles. The van der Waals surface area contributed by atoms with E-state index in [1.165, 1.54) is 0 Å². The van der Waals surface area contributed by atoms with Crippen molar-refractivity contribution in [2.45, 2.75) is 0 Å². The average molecular weight is 285 g/mol. The predicted octanol–water partition coefficient (Wildman–Crippen LogP) is 3.32. The molecule has 2 aromatic rings. The highest BCUT2D eigenvalue weighted by atomic mass is 32.2. The van der Waals surface area contributed by atoms with Gasteiger partial charge in [0.1, 0.15) is 0 Å². The Kier molecular flexibility index (Phi) is 4.91. The number of thioether (sulfide) groups is 1. The van der Waals surface area contributed by atoms with Crippen molar-refractivity contribution in [3.05, 3.63) is 42.0 Å². The van der Waals surface area contributed by atoms with Gasteiger partial charge in [0.15, 0.2) is 0 Å². The molecule has 0 atom stereocenters. The summed E-state index contributed by atoms with van der Waals surface area (Å²) >= 11 is 1.69. The van der Waals surface area contributed by atoms with Gasteiger partial charge in [-0.2, -0.15) is 0 Å². The standard InChI is InChI=1S/C16H15NO2S/c1-2-10-20-11-9-17-15-8-7-14(16(18)19)12-5-3-4-6-13(12)15/h1,3-8,17H,9-11H2,(H,18,19). The molecule has 0 amide bonds. The van der Waals surface area contributed by atoms with Crippen LogP contribution in [0, 0.1) is 12.3 Å². The predicted molar refractivity (Wildman–Crippen MR) is 85.6 cm³/mol. The summed E-state index contributed by atoms with van der Waals surface area (Å²) in [5, 5.41) is 14.2. The van der Waals surface area contributed by atoms with E-state index in [0.717, 1.165) is 28.8 Å². The first-order valence-corrected chi connectivity index (χ1v) is 7.39. The molecule has 0 aliphatic rings. The first kappa shape index (κ1) is 14.3. The van der Waals surface area contributed by atoms with Crippen LogP contribution in [-0.2, 0) is 0 Å². The number of carboxylic acid groups (broad SMARTS) is 1. The average Bonchev–Trinajstić information content (AvgIpc) is 2.46. The van der Waals surface area contributed by atoms with E-state index in [1.54, 1.807) is 17.8 Å². The fourth-order valence-corrected chi connectivity index (χ4v) is 2.54. The minimum Gasteiger partial charge on any atom is -0.478 e. The van der Waals surface area contributed by atoms with Crippen LogP contribution in [0.4, 0.5) is 5.69 Å². The van der Waals surface area contributed by atoms with Crippen LogP contribution in [0.15, 0.2) is 36.4 Å². The van der Waals surface area contributed by atoms with Crippen molar-refractivity contribution in [1.82, 2.24) is 0 Å². The lowest BCUT2D eigenvalue weighted by molar-refractivity contribution is 0.0699. The molecule has 2 aromatic carbocycles.